The van der Waals surface area contributed by atoms with Crippen molar-refractivity contribution in [1.29, 1.82) is 0 Å². The van der Waals surface area contributed by atoms with E-state index >= 15 is 0 Å². The van der Waals surface area contributed by atoms with Crippen LogP contribution in [0.5, 0.6) is 0 Å². The third kappa shape index (κ3) is 2.72. The topological polar surface area (TPSA) is 9.23 Å². The van der Waals surface area contributed by atoms with Gasteiger partial charge in [0.1, 0.15) is 0 Å². The number of hydrogen-bond acceptors (Lipinski definition) is 1. The third-order valence-corrected chi connectivity index (χ3v) is 1.46. The van der Waals surface area contributed by atoms with Crippen LogP contribution in [0.25, 0.3) is 0 Å². The second kappa shape index (κ2) is 4.14. The number of rotatable bonds is 2. The Morgan fingerprint density at radius 3 is 0.882 bits per heavy atom. The number of halogens is 11. The normalized spacial score (nSPS) is 15.5. The first kappa shape index (κ1) is 16.2. The molecular weight excluding hydrogens is 285 g/mol. The molecule has 0 aromatic carbocycles. The molecule has 0 unspecified atom stereocenters. The maximum atomic E-state index is 11.8. The van der Waals surface area contributed by atoms with E-state index in [2.05, 4.69) is 0 Å². The van der Waals surface area contributed by atoms with Crippen molar-refractivity contribution in [3.8, 4) is 0 Å². The van der Waals surface area contributed by atoms with E-state index in [4.69, 9.17) is 0 Å². The van der Waals surface area contributed by atoms with E-state index in [1.54, 1.807) is 0 Å². The van der Waals surface area contributed by atoms with E-state index in [1.165, 1.54) is 0 Å². The second-order valence-corrected chi connectivity index (χ2v) is 2.55. The highest BCUT2D eigenvalue weighted by Crippen LogP contribution is 2.55. The van der Waals surface area contributed by atoms with Crippen LogP contribution in [0.2, 0.25) is 0 Å². The zero-order valence-electron chi connectivity index (χ0n) is 7.14. The Balaban J connectivity index is 5.93. The molecule has 0 aromatic heterocycles. The second-order valence-electron chi connectivity index (χ2n) is 2.55. The molecule has 0 fully saturated rings. The van der Waals surface area contributed by atoms with Crippen LogP contribution in [-0.2, 0) is 4.74 Å². The lowest BCUT2D eigenvalue weighted by molar-refractivity contribution is -0.479. The van der Waals surface area contributed by atoms with Crippen molar-refractivity contribution in [3.63, 3.8) is 0 Å². The van der Waals surface area contributed by atoms with Crippen LogP contribution >= 0.6 is 0 Å². The van der Waals surface area contributed by atoms with E-state index in [0.29, 0.717) is 0 Å². The Morgan fingerprint density at radius 1 is 0.588 bits per heavy atom. The highest BCUT2D eigenvalue weighted by Gasteiger charge is 2.86. The van der Waals surface area contributed by atoms with Gasteiger partial charge in [-0.1, -0.05) is 0 Å². The summed E-state index contributed by atoms with van der Waals surface area (Å²) in [5, 5.41) is 0. The Bertz CT molecular complexity index is 220. The lowest BCUT2D eigenvalue weighted by Gasteiger charge is -2.37. The molecule has 0 radical (unpaired) electrons. The number of ether oxygens (including phenoxy) is 1. The summed E-state index contributed by atoms with van der Waals surface area (Å²) in [6, 6.07) is 0. The highest BCUT2D eigenvalue weighted by atomic mass is 19.4. The molecule has 0 saturated heterocycles. The van der Waals surface area contributed by atoms with Gasteiger partial charge in [-0.3, -0.25) is 4.74 Å². The van der Waals surface area contributed by atoms with E-state index in [9.17, 15) is 48.3 Å². The lowest BCUT2D eigenvalue weighted by Crippen LogP contribution is -2.68. The first-order valence-electron chi connectivity index (χ1n) is 3.33. The summed E-state index contributed by atoms with van der Waals surface area (Å²) in [4.78, 5) is 0. The molecule has 0 spiro atoms. The Hall–Kier alpha value is -0.810. The molecule has 104 valence electrons. The first-order valence-corrected chi connectivity index (χ1v) is 3.33. The summed E-state index contributed by atoms with van der Waals surface area (Å²) < 4.78 is 131. The van der Waals surface area contributed by atoms with Gasteiger partial charge < -0.3 is 0 Å². The summed E-state index contributed by atoms with van der Waals surface area (Å²) >= 11 is 0. The van der Waals surface area contributed by atoms with Crippen molar-refractivity contribution < 1.29 is 53.0 Å². The maximum absolute atomic E-state index is 11.8. The van der Waals surface area contributed by atoms with Crippen molar-refractivity contribution in [2.24, 2.45) is 0 Å². The molecule has 0 heterocycles. The fourth-order valence-corrected chi connectivity index (χ4v) is 0.816. The van der Waals surface area contributed by atoms with E-state index in [-0.39, 0.29) is 0 Å². The zero-order chi connectivity index (χ0) is 14.3. The molecule has 0 rings (SSSR count). The van der Waals surface area contributed by atoms with Gasteiger partial charge in [-0.2, -0.15) is 48.3 Å². The molecule has 17 heavy (non-hydrogen) atoms. The van der Waals surface area contributed by atoms with Gasteiger partial charge in [0.15, 0.2) is 0 Å². The van der Waals surface area contributed by atoms with Gasteiger partial charge in [-0.15, -0.1) is 0 Å². The van der Waals surface area contributed by atoms with Crippen molar-refractivity contribution >= 4 is 0 Å². The third-order valence-electron chi connectivity index (χ3n) is 1.46. The zero-order valence-corrected chi connectivity index (χ0v) is 7.14. The largest absolute Gasteiger partial charge is 0.436 e. The van der Waals surface area contributed by atoms with Crippen LogP contribution in [-0.4, -0.2) is 30.7 Å². The van der Waals surface area contributed by atoms with Crippen molar-refractivity contribution in [2.45, 2.75) is 30.7 Å². The predicted molar refractivity (Wildman–Crippen MR) is 28.0 cm³/mol. The van der Waals surface area contributed by atoms with Gasteiger partial charge in [0.2, 0.25) is 0 Å². The molecule has 0 atom stereocenters. The molecule has 0 bridgehead atoms. The van der Waals surface area contributed by atoms with Crippen molar-refractivity contribution in [1.82, 2.24) is 0 Å². The summed E-state index contributed by atoms with van der Waals surface area (Å²) in [6.07, 6.45) is -21.4. The quantitative estimate of drug-likeness (QED) is 0.704. The van der Waals surface area contributed by atoms with Gasteiger partial charge >= 0.3 is 30.7 Å². The highest BCUT2D eigenvalue weighted by molar-refractivity contribution is 5.02. The minimum Gasteiger partial charge on any atom is -0.290 e. The summed E-state index contributed by atoms with van der Waals surface area (Å²) in [5.74, 6) is 0. The summed E-state index contributed by atoms with van der Waals surface area (Å²) in [5.41, 5.74) is -6.92. The van der Waals surface area contributed by atoms with Crippen LogP contribution in [0.4, 0.5) is 48.3 Å². The molecular formula is C5HF11O. The summed E-state index contributed by atoms with van der Waals surface area (Å²) in [7, 11) is 0. The van der Waals surface area contributed by atoms with Crippen LogP contribution in [0, 0.1) is 0 Å². The van der Waals surface area contributed by atoms with E-state index < -0.39 is 30.7 Å². The van der Waals surface area contributed by atoms with Gasteiger partial charge in [0.05, 0.1) is 0 Å². The molecule has 0 aliphatic rings. The van der Waals surface area contributed by atoms with Gasteiger partial charge in [-0.05, 0) is 0 Å². The molecule has 0 aromatic rings. The number of alkyl halides is 11. The van der Waals surface area contributed by atoms with Crippen LogP contribution in [0.1, 0.15) is 0 Å². The van der Waals surface area contributed by atoms with E-state index in [1.807, 2.05) is 4.74 Å². The molecule has 1 nitrogen and oxygen atoms in total. The Labute approximate surface area is 85.1 Å². The molecule has 12 heteroatoms. The number of hydrogen-bond donors (Lipinski definition) is 0. The molecule has 0 aliphatic carbocycles. The molecule has 0 saturated carbocycles. The standard InChI is InChI=1S/C5HF11O/c6-1(7)17-2(3(8,9)10,4(11,12)13)5(14,15)16/h1H. The van der Waals surface area contributed by atoms with Crippen LogP contribution in [0.3, 0.4) is 0 Å². The van der Waals surface area contributed by atoms with Crippen molar-refractivity contribution in [3.05, 3.63) is 0 Å². The fraction of sp³-hybridized carbons (Fsp3) is 1.00. The van der Waals surface area contributed by atoms with E-state index in [0.717, 1.165) is 0 Å². The smallest absolute Gasteiger partial charge is 0.290 e. The first-order chi connectivity index (χ1) is 7.17. The Kier molecular flexibility index (Phi) is 3.94. The van der Waals surface area contributed by atoms with Gasteiger partial charge in [0, 0.05) is 0 Å². The average Bonchev–Trinajstić information content (AvgIpc) is 1.91. The predicted octanol–water partition coefficient (Wildman–Crippen LogP) is 3.65. The monoisotopic (exact) mass is 286 g/mol. The lowest BCUT2D eigenvalue weighted by atomic mass is 10.0. The summed E-state index contributed by atoms with van der Waals surface area (Å²) in [6.45, 7) is -4.92. The minimum absolute atomic E-state index is 1.82. The SMILES string of the molecule is FC(F)OC(C(F)(F)F)(C(F)(F)F)C(F)(F)F. The van der Waals surface area contributed by atoms with Gasteiger partial charge in [0.25, 0.3) is 0 Å². The van der Waals surface area contributed by atoms with Gasteiger partial charge in [-0.25, -0.2) is 0 Å². The fourth-order valence-electron chi connectivity index (χ4n) is 0.816. The van der Waals surface area contributed by atoms with Crippen molar-refractivity contribution in [2.75, 3.05) is 0 Å². The molecule has 0 aliphatic heterocycles. The van der Waals surface area contributed by atoms with Crippen LogP contribution < -0.4 is 0 Å². The Morgan fingerprint density at radius 2 is 0.824 bits per heavy atom. The van der Waals surface area contributed by atoms with Crippen LogP contribution in [0.15, 0.2) is 0 Å². The molecule has 0 amide bonds. The minimum atomic E-state index is -7.14. The molecule has 0 N–H and O–H groups in total. The maximum Gasteiger partial charge on any atom is 0.436 e. The average molecular weight is 286 g/mol.